The quantitative estimate of drug-likeness (QED) is 0.677. The van der Waals surface area contributed by atoms with Crippen molar-refractivity contribution in [1.82, 2.24) is 4.90 Å². The maximum absolute atomic E-state index is 12.8. The van der Waals surface area contributed by atoms with E-state index in [1.165, 1.54) is 4.88 Å². The van der Waals surface area contributed by atoms with Crippen LogP contribution in [0.4, 0.5) is 0 Å². The van der Waals surface area contributed by atoms with E-state index in [-0.39, 0.29) is 11.8 Å². The first-order valence-electron chi connectivity index (χ1n) is 9.81. The number of likely N-dealkylation sites (tertiary alicyclic amines) is 1. The molecule has 2 amide bonds. The average molecular weight is 405 g/mol. The van der Waals surface area contributed by atoms with Gasteiger partial charge in [0.25, 0.3) is 0 Å². The number of carbonyl (C=O) groups excluding carboxylic acids is 2. The summed E-state index contributed by atoms with van der Waals surface area (Å²) in [5.41, 5.74) is 8.39. The first-order valence-corrected chi connectivity index (χ1v) is 10.7. The molecule has 2 heterocycles. The molecule has 4 nitrogen and oxygen atoms in total. The smallest absolute Gasteiger partial charge is 0.227 e. The lowest BCUT2D eigenvalue weighted by Crippen LogP contribution is -2.42. The highest BCUT2D eigenvalue weighted by molar-refractivity contribution is 7.13. The van der Waals surface area contributed by atoms with Gasteiger partial charge in [0.2, 0.25) is 11.8 Å². The molecule has 4 rings (SSSR count). The molecule has 2 N–H and O–H groups in total. The van der Waals surface area contributed by atoms with Gasteiger partial charge in [-0.2, -0.15) is 0 Å². The fourth-order valence-electron chi connectivity index (χ4n) is 4.11. The summed E-state index contributed by atoms with van der Waals surface area (Å²) in [6.45, 7) is 0.947. The molecule has 148 valence electrons. The standard InChI is InChI=1S/C24H24N2O2S/c25-23(28)24(16-19-9-4-5-10-20(19)21-11-6-14-29-21)12-13-26(17-24)22(27)15-18-7-2-1-3-8-18/h1-11,14H,12-13,15-17H2,(H2,25,28)/t24-/m0/s1. The predicted molar refractivity (Wildman–Crippen MR) is 116 cm³/mol. The second-order valence-electron chi connectivity index (χ2n) is 7.68. The number of carbonyl (C=O) groups is 2. The van der Waals surface area contributed by atoms with Gasteiger partial charge in [0.15, 0.2) is 0 Å². The summed E-state index contributed by atoms with van der Waals surface area (Å²) in [4.78, 5) is 28.3. The number of hydrogen-bond donors (Lipinski definition) is 1. The lowest BCUT2D eigenvalue weighted by molar-refractivity contribution is -0.131. The van der Waals surface area contributed by atoms with Crippen molar-refractivity contribution in [1.29, 1.82) is 0 Å². The zero-order valence-corrected chi connectivity index (χ0v) is 17.0. The third kappa shape index (κ3) is 4.10. The van der Waals surface area contributed by atoms with Crippen molar-refractivity contribution in [3.8, 4) is 10.4 Å². The number of nitrogens with two attached hydrogens (primary N) is 1. The SMILES string of the molecule is NC(=O)[C@]1(Cc2ccccc2-c2cccs2)CCN(C(=O)Cc2ccccc2)C1. The number of benzene rings is 2. The van der Waals surface area contributed by atoms with E-state index in [0.29, 0.717) is 32.4 Å². The third-order valence-electron chi connectivity index (χ3n) is 5.76. The fraction of sp³-hybridized carbons (Fsp3) is 0.250. The van der Waals surface area contributed by atoms with Crippen molar-refractivity contribution >= 4 is 23.2 Å². The molecule has 1 aliphatic rings. The summed E-state index contributed by atoms with van der Waals surface area (Å²) in [5, 5.41) is 2.05. The molecule has 29 heavy (non-hydrogen) atoms. The monoisotopic (exact) mass is 404 g/mol. The lowest BCUT2D eigenvalue weighted by atomic mass is 9.79. The van der Waals surface area contributed by atoms with Crippen molar-refractivity contribution in [2.75, 3.05) is 13.1 Å². The normalized spacial score (nSPS) is 18.7. The van der Waals surface area contributed by atoms with Crippen LogP contribution in [0.25, 0.3) is 10.4 Å². The summed E-state index contributed by atoms with van der Waals surface area (Å²) in [6.07, 6.45) is 1.49. The minimum atomic E-state index is -0.723. The van der Waals surface area contributed by atoms with Gasteiger partial charge in [0.05, 0.1) is 11.8 Å². The van der Waals surface area contributed by atoms with Gasteiger partial charge < -0.3 is 10.6 Å². The van der Waals surface area contributed by atoms with E-state index in [1.54, 1.807) is 16.2 Å². The van der Waals surface area contributed by atoms with E-state index < -0.39 is 5.41 Å². The number of hydrogen-bond acceptors (Lipinski definition) is 3. The Bertz CT molecular complexity index is 1000. The third-order valence-corrected chi connectivity index (χ3v) is 6.66. The van der Waals surface area contributed by atoms with Crippen LogP contribution in [-0.2, 0) is 22.4 Å². The largest absolute Gasteiger partial charge is 0.369 e. The minimum Gasteiger partial charge on any atom is -0.369 e. The molecule has 0 saturated carbocycles. The van der Waals surface area contributed by atoms with Crippen LogP contribution in [-0.4, -0.2) is 29.8 Å². The van der Waals surface area contributed by atoms with Crippen LogP contribution in [0.5, 0.6) is 0 Å². The van der Waals surface area contributed by atoms with Crippen LogP contribution in [0, 0.1) is 5.41 Å². The Morgan fingerprint density at radius 1 is 1.00 bits per heavy atom. The molecule has 5 heteroatoms. The van der Waals surface area contributed by atoms with Crippen molar-refractivity contribution in [3.63, 3.8) is 0 Å². The number of rotatable bonds is 6. The molecule has 1 aliphatic heterocycles. The fourth-order valence-corrected chi connectivity index (χ4v) is 4.90. The molecule has 0 spiro atoms. The van der Waals surface area contributed by atoms with Gasteiger partial charge in [0, 0.05) is 18.0 Å². The molecule has 0 bridgehead atoms. The second kappa shape index (κ2) is 8.21. The summed E-state index contributed by atoms with van der Waals surface area (Å²) >= 11 is 1.68. The van der Waals surface area contributed by atoms with Crippen LogP contribution in [0.2, 0.25) is 0 Å². The average Bonchev–Trinajstić information content (AvgIpc) is 3.40. The zero-order chi connectivity index (χ0) is 20.3. The molecule has 2 aromatic carbocycles. The highest BCUT2D eigenvalue weighted by atomic mass is 32.1. The maximum atomic E-state index is 12.8. The van der Waals surface area contributed by atoms with Crippen LogP contribution in [0.1, 0.15) is 17.5 Å². The van der Waals surface area contributed by atoms with E-state index in [4.69, 9.17) is 5.73 Å². The summed E-state index contributed by atoms with van der Waals surface area (Å²) in [6, 6.07) is 22.0. The number of primary amides is 1. The maximum Gasteiger partial charge on any atom is 0.227 e. The van der Waals surface area contributed by atoms with E-state index in [9.17, 15) is 9.59 Å². The van der Waals surface area contributed by atoms with E-state index in [1.807, 2.05) is 48.5 Å². The van der Waals surface area contributed by atoms with Gasteiger partial charge in [0.1, 0.15) is 0 Å². The summed E-state index contributed by atoms with van der Waals surface area (Å²) in [5.74, 6) is -0.278. The molecule has 1 atom stereocenters. The van der Waals surface area contributed by atoms with E-state index in [0.717, 1.165) is 16.7 Å². The van der Waals surface area contributed by atoms with Gasteiger partial charge in [-0.3, -0.25) is 9.59 Å². The molecule has 0 aliphatic carbocycles. The van der Waals surface area contributed by atoms with Crippen LogP contribution < -0.4 is 5.73 Å². The molecular weight excluding hydrogens is 380 g/mol. The predicted octanol–water partition coefficient (Wildman–Crippen LogP) is 3.90. The van der Waals surface area contributed by atoms with Gasteiger partial charge in [-0.05, 0) is 41.0 Å². The van der Waals surface area contributed by atoms with Crippen molar-refractivity contribution in [2.45, 2.75) is 19.3 Å². The van der Waals surface area contributed by atoms with E-state index >= 15 is 0 Å². The topological polar surface area (TPSA) is 63.4 Å². The lowest BCUT2D eigenvalue weighted by Gasteiger charge is -2.27. The molecule has 1 aromatic heterocycles. The minimum absolute atomic E-state index is 0.0471. The Balaban J connectivity index is 1.55. The number of amides is 2. The summed E-state index contributed by atoms with van der Waals surface area (Å²) < 4.78 is 0. The van der Waals surface area contributed by atoms with Crippen molar-refractivity contribution < 1.29 is 9.59 Å². The first kappa shape index (κ1) is 19.4. The Morgan fingerprint density at radius 3 is 2.48 bits per heavy atom. The van der Waals surface area contributed by atoms with Crippen molar-refractivity contribution in [3.05, 3.63) is 83.2 Å². The molecule has 1 saturated heterocycles. The first-order chi connectivity index (χ1) is 14.1. The summed E-state index contributed by atoms with van der Waals surface area (Å²) in [7, 11) is 0. The van der Waals surface area contributed by atoms with Gasteiger partial charge in [-0.25, -0.2) is 0 Å². The molecule has 0 radical (unpaired) electrons. The Labute approximate surface area is 175 Å². The molecule has 1 fully saturated rings. The van der Waals surface area contributed by atoms with Crippen LogP contribution in [0.3, 0.4) is 0 Å². The van der Waals surface area contributed by atoms with Gasteiger partial charge in [-0.15, -0.1) is 11.3 Å². The van der Waals surface area contributed by atoms with Crippen LogP contribution in [0.15, 0.2) is 72.1 Å². The van der Waals surface area contributed by atoms with E-state index in [2.05, 4.69) is 23.6 Å². The van der Waals surface area contributed by atoms with Gasteiger partial charge in [-0.1, -0.05) is 60.7 Å². The van der Waals surface area contributed by atoms with Gasteiger partial charge >= 0.3 is 0 Å². The number of thiophene rings is 1. The second-order valence-corrected chi connectivity index (χ2v) is 8.63. The Kier molecular flexibility index (Phi) is 5.49. The van der Waals surface area contributed by atoms with Crippen molar-refractivity contribution in [2.24, 2.45) is 11.1 Å². The number of nitrogens with zero attached hydrogens (tertiary/aromatic N) is 1. The Morgan fingerprint density at radius 2 is 1.76 bits per heavy atom. The zero-order valence-electron chi connectivity index (χ0n) is 16.2. The molecular formula is C24H24N2O2S. The Hall–Kier alpha value is -2.92. The van der Waals surface area contributed by atoms with Crippen LogP contribution >= 0.6 is 11.3 Å². The molecule has 3 aromatic rings. The highest BCUT2D eigenvalue weighted by Crippen LogP contribution is 2.38. The molecule has 0 unspecified atom stereocenters. The highest BCUT2D eigenvalue weighted by Gasteiger charge is 2.45.